The van der Waals surface area contributed by atoms with Crippen molar-refractivity contribution in [2.24, 2.45) is 0 Å². The van der Waals surface area contributed by atoms with E-state index in [-0.39, 0.29) is 6.10 Å². The van der Waals surface area contributed by atoms with E-state index in [1.54, 1.807) is 0 Å². The van der Waals surface area contributed by atoms with E-state index in [9.17, 15) is 5.11 Å². The van der Waals surface area contributed by atoms with Crippen LogP contribution in [0.2, 0.25) is 0 Å². The van der Waals surface area contributed by atoms with Gasteiger partial charge >= 0.3 is 0 Å². The zero-order valence-electron chi connectivity index (χ0n) is 12.9. The molecule has 0 amide bonds. The Morgan fingerprint density at radius 1 is 0.773 bits per heavy atom. The van der Waals surface area contributed by atoms with Crippen LogP contribution in [0.25, 0.3) is 0 Å². The van der Waals surface area contributed by atoms with Crippen LogP contribution in [0.15, 0.2) is 60.7 Å². The van der Waals surface area contributed by atoms with Gasteiger partial charge in [-0.2, -0.15) is 0 Å². The van der Waals surface area contributed by atoms with Crippen molar-refractivity contribution in [3.8, 4) is 0 Å². The minimum atomic E-state index is -0.387. The molecular formula is C19H24N2O. The number of benzene rings is 2. The average molecular weight is 296 g/mol. The Balaban J connectivity index is 1.46. The summed E-state index contributed by atoms with van der Waals surface area (Å²) in [7, 11) is 0. The largest absolute Gasteiger partial charge is 0.387 e. The number of aliphatic hydroxyl groups excluding tert-OH is 1. The predicted octanol–water partition coefficient (Wildman–Crippen LogP) is 2.54. The molecule has 0 unspecified atom stereocenters. The Morgan fingerprint density at radius 3 is 1.95 bits per heavy atom. The van der Waals surface area contributed by atoms with Crippen LogP contribution in [0.3, 0.4) is 0 Å². The van der Waals surface area contributed by atoms with Crippen molar-refractivity contribution < 1.29 is 5.11 Å². The van der Waals surface area contributed by atoms with Gasteiger partial charge in [0.15, 0.2) is 0 Å². The van der Waals surface area contributed by atoms with Gasteiger partial charge < -0.3 is 5.11 Å². The summed E-state index contributed by atoms with van der Waals surface area (Å²) in [6.07, 6.45) is -0.387. The predicted molar refractivity (Wildman–Crippen MR) is 89.6 cm³/mol. The molecule has 1 heterocycles. The van der Waals surface area contributed by atoms with Gasteiger partial charge in [-0.05, 0) is 11.1 Å². The van der Waals surface area contributed by atoms with Crippen LogP contribution in [0.4, 0.5) is 0 Å². The Bertz CT molecular complexity index is 550. The van der Waals surface area contributed by atoms with E-state index in [1.807, 2.05) is 30.3 Å². The maximum absolute atomic E-state index is 10.3. The topological polar surface area (TPSA) is 26.7 Å². The molecule has 3 nitrogen and oxygen atoms in total. The number of hydrogen-bond acceptors (Lipinski definition) is 3. The molecule has 116 valence electrons. The van der Waals surface area contributed by atoms with E-state index in [4.69, 9.17) is 0 Å². The molecule has 0 aliphatic carbocycles. The molecule has 3 rings (SSSR count). The van der Waals surface area contributed by atoms with Crippen molar-refractivity contribution in [3.63, 3.8) is 0 Å². The SMILES string of the molecule is O[C@@H](CN1CCN(Cc2ccccc2)CC1)c1ccccc1. The third kappa shape index (κ3) is 4.17. The molecule has 1 fully saturated rings. The van der Waals surface area contributed by atoms with Crippen molar-refractivity contribution in [2.75, 3.05) is 32.7 Å². The summed E-state index contributed by atoms with van der Waals surface area (Å²) in [6.45, 7) is 5.93. The fourth-order valence-corrected chi connectivity index (χ4v) is 3.00. The van der Waals surface area contributed by atoms with Crippen LogP contribution < -0.4 is 0 Å². The minimum Gasteiger partial charge on any atom is -0.387 e. The lowest BCUT2D eigenvalue weighted by Crippen LogP contribution is -2.47. The first-order valence-electron chi connectivity index (χ1n) is 8.03. The van der Waals surface area contributed by atoms with E-state index >= 15 is 0 Å². The molecule has 3 heteroatoms. The zero-order valence-corrected chi connectivity index (χ0v) is 12.9. The molecule has 1 aliphatic heterocycles. The Kier molecular flexibility index (Phi) is 5.22. The summed E-state index contributed by atoms with van der Waals surface area (Å²) < 4.78 is 0. The molecule has 2 aromatic carbocycles. The Labute approximate surface area is 132 Å². The summed E-state index contributed by atoms with van der Waals surface area (Å²) in [4.78, 5) is 4.85. The van der Waals surface area contributed by atoms with Crippen molar-refractivity contribution in [1.29, 1.82) is 0 Å². The van der Waals surface area contributed by atoms with Crippen LogP contribution in [0.1, 0.15) is 17.2 Å². The summed E-state index contributed by atoms with van der Waals surface area (Å²) in [5, 5.41) is 10.3. The lowest BCUT2D eigenvalue weighted by Gasteiger charge is -2.35. The summed E-state index contributed by atoms with van der Waals surface area (Å²) in [5.74, 6) is 0. The van der Waals surface area contributed by atoms with E-state index in [1.165, 1.54) is 5.56 Å². The monoisotopic (exact) mass is 296 g/mol. The Morgan fingerprint density at radius 2 is 1.32 bits per heavy atom. The van der Waals surface area contributed by atoms with Gasteiger partial charge in [-0.1, -0.05) is 60.7 Å². The highest BCUT2D eigenvalue weighted by Gasteiger charge is 2.19. The molecular weight excluding hydrogens is 272 g/mol. The van der Waals surface area contributed by atoms with Crippen LogP contribution in [0.5, 0.6) is 0 Å². The molecule has 0 saturated carbocycles. The lowest BCUT2D eigenvalue weighted by atomic mass is 10.1. The van der Waals surface area contributed by atoms with Crippen LogP contribution in [-0.2, 0) is 6.54 Å². The highest BCUT2D eigenvalue weighted by Crippen LogP contribution is 2.15. The number of rotatable bonds is 5. The minimum absolute atomic E-state index is 0.387. The third-order valence-corrected chi connectivity index (χ3v) is 4.33. The van der Waals surface area contributed by atoms with Gasteiger partial charge in [0.1, 0.15) is 0 Å². The maximum Gasteiger partial charge on any atom is 0.0916 e. The van der Waals surface area contributed by atoms with Gasteiger partial charge in [0.2, 0.25) is 0 Å². The normalized spacial score (nSPS) is 18.2. The smallest absolute Gasteiger partial charge is 0.0916 e. The molecule has 2 aromatic rings. The van der Waals surface area contributed by atoms with Gasteiger partial charge in [-0.15, -0.1) is 0 Å². The van der Waals surface area contributed by atoms with E-state index in [0.717, 1.165) is 44.8 Å². The fraction of sp³-hybridized carbons (Fsp3) is 0.368. The van der Waals surface area contributed by atoms with Gasteiger partial charge in [-0.25, -0.2) is 0 Å². The number of piperazine rings is 1. The van der Waals surface area contributed by atoms with Crippen LogP contribution >= 0.6 is 0 Å². The quantitative estimate of drug-likeness (QED) is 0.918. The Hall–Kier alpha value is -1.68. The van der Waals surface area contributed by atoms with Crippen LogP contribution in [0, 0.1) is 0 Å². The number of nitrogens with zero attached hydrogens (tertiary/aromatic N) is 2. The molecule has 22 heavy (non-hydrogen) atoms. The van der Waals surface area contributed by atoms with E-state index < -0.39 is 0 Å². The third-order valence-electron chi connectivity index (χ3n) is 4.33. The molecule has 0 bridgehead atoms. The molecule has 0 aromatic heterocycles. The second-order valence-electron chi connectivity index (χ2n) is 5.99. The second-order valence-corrected chi connectivity index (χ2v) is 5.99. The first kappa shape index (κ1) is 15.2. The molecule has 1 atom stereocenters. The summed E-state index contributed by atoms with van der Waals surface area (Å²) in [5.41, 5.74) is 2.38. The molecule has 1 N–H and O–H groups in total. The first-order valence-corrected chi connectivity index (χ1v) is 8.03. The van der Waals surface area contributed by atoms with Crippen LogP contribution in [-0.4, -0.2) is 47.6 Å². The van der Waals surface area contributed by atoms with Crippen molar-refractivity contribution >= 4 is 0 Å². The van der Waals surface area contributed by atoms with E-state index in [0.29, 0.717) is 0 Å². The highest BCUT2D eigenvalue weighted by molar-refractivity contribution is 5.17. The van der Waals surface area contributed by atoms with Crippen molar-refractivity contribution in [2.45, 2.75) is 12.6 Å². The van der Waals surface area contributed by atoms with Gasteiger partial charge in [-0.3, -0.25) is 9.80 Å². The zero-order chi connectivity index (χ0) is 15.2. The molecule has 0 radical (unpaired) electrons. The van der Waals surface area contributed by atoms with Gasteiger partial charge in [0.05, 0.1) is 6.10 Å². The standard InChI is InChI=1S/C19H24N2O/c22-19(18-9-5-2-6-10-18)16-21-13-11-20(12-14-21)15-17-7-3-1-4-8-17/h1-10,19,22H,11-16H2/t19-/m0/s1. The van der Waals surface area contributed by atoms with Crippen molar-refractivity contribution in [1.82, 2.24) is 9.80 Å². The highest BCUT2D eigenvalue weighted by atomic mass is 16.3. The summed E-state index contributed by atoms with van der Waals surface area (Å²) in [6, 6.07) is 20.6. The number of aliphatic hydroxyl groups is 1. The fourth-order valence-electron chi connectivity index (χ4n) is 3.00. The second kappa shape index (κ2) is 7.54. The lowest BCUT2D eigenvalue weighted by molar-refractivity contribution is 0.0701. The van der Waals surface area contributed by atoms with Gasteiger partial charge in [0.25, 0.3) is 0 Å². The average Bonchev–Trinajstić information content (AvgIpc) is 2.58. The first-order chi connectivity index (χ1) is 10.8. The van der Waals surface area contributed by atoms with Crippen molar-refractivity contribution in [3.05, 3.63) is 71.8 Å². The molecule has 1 saturated heterocycles. The maximum atomic E-state index is 10.3. The number of β-amino-alcohol motifs (C(OH)–C–C–N with tert-alkyl or cyclic N) is 1. The van der Waals surface area contributed by atoms with E-state index in [2.05, 4.69) is 40.1 Å². The van der Waals surface area contributed by atoms with Gasteiger partial charge in [0, 0.05) is 39.3 Å². The molecule has 0 spiro atoms. The molecule has 1 aliphatic rings. The number of hydrogen-bond donors (Lipinski definition) is 1. The summed E-state index contributed by atoms with van der Waals surface area (Å²) >= 11 is 0.